The molecule has 0 radical (unpaired) electrons. The average Bonchev–Trinajstić information content (AvgIpc) is 3.35. The molecule has 2 aromatic carbocycles. The lowest BCUT2D eigenvalue weighted by molar-refractivity contribution is -0.143. The molecule has 1 saturated heterocycles. The largest absolute Gasteiger partial charge is 0.481 e. The molecule has 37 heavy (non-hydrogen) atoms. The summed E-state index contributed by atoms with van der Waals surface area (Å²) in [5, 5.41) is 9.56. The molecule has 198 valence electrons. The van der Waals surface area contributed by atoms with Crippen molar-refractivity contribution in [2.75, 3.05) is 24.4 Å². The van der Waals surface area contributed by atoms with Crippen LogP contribution in [0.15, 0.2) is 41.6 Å². The number of likely N-dealkylation sites (tertiary alicyclic amines) is 1. The maximum Gasteiger partial charge on any atom is 0.306 e. The van der Waals surface area contributed by atoms with Gasteiger partial charge in [-0.25, -0.2) is 17.8 Å². The van der Waals surface area contributed by atoms with Crippen molar-refractivity contribution in [3.8, 4) is 11.5 Å². The lowest BCUT2D eigenvalue weighted by atomic mass is 9.97. The first-order valence-electron chi connectivity index (χ1n) is 11.3. The van der Waals surface area contributed by atoms with Crippen LogP contribution < -0.4 is 9.46 Å². The number of nitrogens with zero attached hydrogens (tertiary/aromatic N) is 3. The number of nitrogens with one attached hydrogen (secondary N) is 1. The molecule has 9 nitrogen and oxygen atoms in total. The maximum absolute atomic E-state index is 14.9. The van der Waals surface area contributed by atoms with Gasteiger partial charge in [0.2, 0.25) is 5.13 Å². The highest BCUT2D eigenvalue weighted by Crippen LogP contribution is 2.36. The van der Waals surface area contributed by atoms with E-state index in [1.54, 1.807) is 18.2 Å². The first kappa shape index (κ1) is 27.5. The number of sulfonamides is 1. The van der Waals surface area contributed by atoms with Crippen LogP contribution in [0.5, 0.6) is 11.5 Å². The second-order valence-electron chi connectivity index (χ2n) is 8.48. The van der Waals surface area contributed by atoms with Crippen molar-refractivity contribution in [1.29, 1.82) is 0 Å². The average molecular weight is 589 g/mol. The Hall–Kier alpha value is -2.51. The Morgan fingerprint density at radius 3 is 2.65 bits per heavy atom. The summed E-state index contributed by atoms with van der Waals surface area (Å²) in [6.45, 7) is 2.24. The van der Waals surface area contributed by atoms with E-state index in [9.17, 15) is 17.6 Å². The highest BCUT2D eigenvalue weighted by molar-refractivity contribution is 7.93. The number of carbonyl (C=O) groups is 1. The van der Waals surface area contributed by atoms with Crippen molar-refractivity contribution < 1.29 is 27.4 Å². The fraction of sp³-hybridized carbons (Fsp3) is 0.348. The second kappa shape index (κ2) is 11.9. The zero-order chi connectivity index (χ0) is 26.6. The van der Waals surface area contributed by atoms with Crippen molar-refractivity contribution >= 4 is 55.9 Å². The van der Waals surface area contributed by atoms with E-state index in [2.05, 4.69) is 19.0 Å². The number of rotatable bonds is 10. The van der Waals surface area contributed by atoms with Crippen LogP contribution in [0.1, 0.15) is 24.8 Å². The minimum atomic E-state index is -4.28. The fourth-order valence-corrected chi connectivity index (χ4v) is 6.25. The number of benzene rings is 2. The van der Waals surface area contributed by atoms with Crippen LogP contribution >= 0.6 is 34.7 Å². The summed E-state index contributed by atoms with van der Waals surface area (Å²) in [6.07, 6.45) is 3.81. The van der Waals surface area contributed by atoms with Gasteiger partial charge in [0.05, 0.1) is 10.9 Å². The summed E-state index contributed by atoms with van der Waals surface area (Å²) >= 11 is 13.3. The van der Waals surface area contributed by atoms with Gasteiger partial charge < -0.3 is 14.7 Å². The summed E-state index contributed by atoms with van der Waals surface area (Å²) < 4.78 is 51.7. The molecule has 1 aliphatic rings. The number of carboxylic acids is 1. The highest BCUT2D eigenvalue weighted by atomic mass is 35.5. The number of aryl methyl sites for hydroxylation is 1. The molecule has 2 N–H and O–H groups in total. The first-order valence-corrected chi connectivity index (χ1v) is 14.3. The topological polar surface area (TPSA) is 122 Å². The molecular formula is C23H23Cl2FN4O5S2. The first-order chi connectivity index (χ1) is 17.6. The van der Waals surface area contributed by atoms with Crippen molar-refractivity contribution in [3.05, 3.63) is 58.1 Å². The molecule has 0 atom stereocenters. The van der Waals surface area contributed by atoms with Crippen molar-refractivity contribution in [3.63, 3.8) is 0 Å². The molecule has 1 aliphatic heterocycles. The van der Waals surface area contributed by atoms with E-state index in [0.717, 1.165) is 55.3 Å². The molecule has 0 spiro atoms. The summed E-state index contributed by atoms with van der Waals surface area (Å²) in [4.78, 5) is 16.5. The lowest BCUT2D eigenvalue weighted by Gasteiger charge is -2.30. The number of aliphatic carboxylic acids is 1. The van der Waals surface area contributed by atoms with Gasteiger partial charge in [-0.15, -0.1) is 0 Å². The van der Waals surface area contributed by atoms with E-state index in [-0.39, 0.29) is 21.8 Å². The van der Waals surface area contributed by atoms with Crippen LogP contribution in [0, 0.1) is 11.7 Å². The van der Waals surface area contributed by atoms with Gasteiger partial charge in [0.1, 0.15) is 28.5 Å². The van der Waals surface area contributed by atoms with Crippen LogP contribution in [0.4, 0.5) is 9.52 Å². The monoisotopic (exact) mass is 588 g/mol. The number of piperidine rings is 1. The summed E-state index contributed by atoms with van der Waals surface area (Å²) in [7, 11) is -4.28. The molecule has 0 saturated carbocycles. The summed E-state index contributed by atoms with van der Waals surface area (Å²) in [5.41, 5.74) is 0.777. The van der Waals surface area contributed by atoms with Crippen LogP contribution in [0.3, 0.4) is 0 Å². The van der Waals surface area contributed by atoms with Crippen LogP contribution in [-0.4, -0.2) is 53.4 Å². The Kier molecular flexibility index (Phi) is 8.86. The molecule has 0 amide bonds. The molecule has 0 aliphatic carbocycles. The van der Waals surface area contributed by atoms with E-state index in [0.29, 0.717) is 30.0 Å². The molecule has 2 heterocycles. The molecule has 1 fully saturated rings. The molecular weight excluding hydrogens is 566 g/mol. The number of aromatic nitrogens is 2. The van der Waals surface area contributed by atoms with Crippen molar-refractivity contribution in [2.24, 2.45) is 5.92 Å². The Balaban J connectivity index is 1.44. The zero-order valence-electron chi connectivity index (χ0n) is 19.4. The standard InChI is InChI=1S/C23H23Cl2FN4O5S2/c24-16-3-4-19(15(10-16)2-1-7-30-8-5-14(6-9-30)22(31)32)35-20-12-18(26)21(11-17(20)25)37(33,34)29-23-27-13-28-36-23/h3-4,10-14H,1-2,5-9H2,(H,31,32)(H,27,28,29). The van der Waals surface area contributed by atoms with Gasteiger partial charge in [-0.2, -0.15) is 4.37 Å². The van der Waals surface area contributed by atoms with Crippen LogP contribution in [0.25, 0.3) is 0 Å². The Morgan fingerprint density at radius 1 is 1.22 bits per heavy atom. The van der Waals surface area contributed by atoms with Gasteiger partial charge in [0.15, 0.2) is 0 Å². The third-order valence-electron chi connectivity index (χ3n) is 5.96. The Labute approximate surface area is 227 Å². The molecule has 4 rings (SSSR count). The minimum Gasteiger partial charge on any atom is -0.481 e. The minimum absolute atomic E-state index is 0.00656. The maximum atomic E-state index is 14.9. The number of ether oxygens (including phenoxy) is 1. The number of anilines is 1. The Morgan fingerprint density at radius 2 is 1.97 bits per heavy atom. The van der Waals surface area contributed by atoms with Gasteiger partial charge in [-0.1, -0.05) is 23.2 Å². The predicted octanol–water partition coefficient (Wildman–Crippen LogP) is 5.31. The number of halogens is 3. The van der Waals surface area contributed by atoms with Crippen molar-refractivity contribution in [2.45, 2.75) is 30.6 Å². The summed E-state index contributed by atoms with van der Waals surface area (Å²) in [5.74, 6) is -1.70. The highest BCUT2D eigenvalue weighted by Gasteiger charge is 2.25. The van der Waals surface area contributed by atoms with E-state index in [1.807, 2.05) is 0 Å². The molecule has 0 bridgehead atoms. The fourth-order valence-electron chi connectivity index (χ4n) is 4.04. The zero-order valence-corrected chi connectivity index (χ0v) is 22.5. The Bertz CT molecular complexity index is 1370. The van der Waals surface area contributed by atoms with Gasteiger partial charge in [-0.3, -0.25) is 9.52 Å². The SMILES string of the molecule is O=C(O)C1CCN(CCCc2cc(Cl)ccc2Oc2cc(F)c(S(=O)(=O)Nc3ncns3)cc2Cl)CC1. The molecule has 1 aromatic heterocycles. The number of hydrogen-bond acceptors (Lipinski definition) is 8. The normalized spacial score (nSPS) is 15.0. The van der Waals surface area contributed by atoms with Gasteiger partial charge in [0.25, 0.3) is 10.0 Å². The van der Waals surface area contributed by atoms with E-state index in [1.165, 1.54) is 6.33 Å². The smallest absolute Gasteiger partial charge is 0.306 e. The third kappa shape index (κ3) is 7.08. The lowest BCUT2D eigenvalue weighted by Crippen LogP contribution is -2.36. The van der Waals surface area contributed by atoms with E-state index >= 15 is 0 Å². The van der Waals surface area contributed by atoms with Gasteiger partial charge >= 0.3 is 5.97 Å². The molecule has 0 unspecified atom stereocenters. The molecule has 3 aromatic rings. The third-order valence-corrected chi connectivity index (χ3v) is 8.55. The van der Waals surface area contributed by atoms with Crippen LogP contribution in [0.2, 0.25) is 10.0 Å². The quantitative estimate of drug-likeness (QED) is 0.327. The molecule has 14 heteroatoms. The number of carboxylic acid groups (broad SMARTS) is 1. The van der Waals surface area contributed by atoms with Gasteiger partial charge in [0, 0.05) is 22.6 Å². The predicted molar refractivity (Wildman–Crippen MR) is 139 cm³/mol. The van der Waals surface area contributed by atoms with Gasteiger partial charge in [-0.05, 0) is 75.1 Å². The van der Waals surface area contributed by atoms with Crippen molar-refractivity contribution in [1.82, 2.24) is 14.3 Å². The van der Waals surface area contributed by atoms with E-state index < -0.39 is 26.7 Å². The summed E-state index contributed by atoms with van der Waals surface area (Å²) in [6, 6.07) is 6.93. The van der Waals surface area contributed by atoms with Crippen LogP contribution in [-0.2, 0) is 21.2 Å². The number of hydrogen-bond donors (Lipinski definition) is 2. The van der Waals surface area contributed by atoms with E-state index in [4.69, 9.17) is 33.0 Å². The second-order valence-corrected chi connectivity index (χ2v) is 11.8.